The molecule has 0 saturated heterocycles. The Morgan fingerprint density at radius 1 is 1.27 bits per heavy atom. The number of amides is 1. The molecule has 1 atom stereocenters. The number of hydrogen-bond acceptors (Lipinski definition) is 4. The molecule has 1 aromatic rings. The first-order valence-corrected chi connectivity index (χ1v) is 10.2. The minimum atomic E-state index is -0.378. The summed E-state index contributed by atoms with van der Waals surface area (Å²) < 4.78 is 5.02. The van der Waals surface area contributed by atoms with Crippen LogP contribution in [0, 0.1) is 0 Å². The Morgan fingerprint density at radius 2 is 1.95 bits per heavy atom. The van der Waals surface area contributed by atoms with Crippen molar-refractivity contribution in [2.45, 2.75) is 30.7 Å². The van der Waals surface area contributed by atoms with Crippen molar-refractivity contribution >= 4 is 37.2 Å². The van der Waals surface area contributed by atoms with Gasteiger partial charge < -0.3 is 4.74 Å². The lowest BCUT2D eigenvalue weighted by Gasteiger charge is -2.36. The van der Waals surface area contributed by atoms with Crippen LogP contribution < -0.4 is 4.90 Å². The summed E-state index contributed by atoms with van der Waals surface area (Å²) in [7, 11) is -0.378. The number of esters is 1. The van der Waals surface area contributed by atoms with E-state index in [2.05, 4.69) is 13.8 Å². The summed E-state index contributed by atoms with van der Waals surface area (Å²) in [4.78, 5) is 27.4. The number of ether oxygens (including phenoxy) is 1. The number of rotatable bonds is 6. The van der Waals surface area contributed by atoms with Gasteiger partial charge in [0.15, 0.2) is 0 Å². The van der Waals surface area contributed by atoms with E-state index in [1.807, 2.05) is 24.3 Å². The molecule has 1 aliphatic rings. The molecule has 0 N–H and O–H groups in total. The number of hydrogen-bond donors (Lipinski definition) is 0. The highest BCUT2D eigenvalue weighted by Gasteiger charge is 2.37. The van der Waals surface area contributed by atoms with Gasteiger partial charge in [0.2, 0.25) is 5.91 Å². The van der Waals surface area contributed by atoms with Crippen molar-refractivity contribution in [3.8, 4) is 0 Å². The molecule has 1 aromatic carbocycles. The number of anilines is 1. The Kier molecular flexibility index (Phi) is 6.27. The molecule has 0 fully saturated rings. The van der Waals surface area contributed by atoms with E-state index in [9.17, 15) is 9.59 Å². The zero-order valence-corrected chi connectivity index (χ0v) is 15.0. The molecule has 1 aliphatic heterocycles. The predicted octanol–water partition coefficient (Wildman–Crippen LogP) is 3.54. The lowest BCUT2D eigenvalue weighted by Crippen LogP contribution is -2.44. The van der Waals surface area contributed by atoms with Crippen LogP contribution in [0.1, 0.15) is 20.8 Å². The van der Waals surface area contributed by atoms with E-state index in [-0.39, 0.29) is 31.3 Å². The van der Waals surface area contributed by atoms with E-state index < -0.39 is 0 Å². The molecule has 0 aromatic heterocycles. The van der Waals surface area contributed by atoms with Crippen molar-refractivity contribution in [2.75, 3.05) is 30.4 Å². The zero-order valence-electron chi connectivity index (χ0n) is 13.2. The summed E-state index contributed by atoms with van der Waals surface area (Å²) >= 11 is 1.65. The fourth-order valence-corrected chi connectivity index (χ4v) is 6.81. The summed E-state index contributed by atoms with van der Waals surface area (Å²) in [6.45, 7) is 6.38. The van der Waals surface area contributed by atoms with Crippen LogP contribution in [-0.4, -0.2) is 42.3 Å². The quantitative estimate of drug-likeness (QED) is 0.587. The third-order valence-corrected chi connectivity index (χ3v) is 8.35. The molecule has 1 unspecified atom stereocenters. The summed E-state index contributed by atoms with van der Waals surface area (Å²) in [5, 5.41) is 0. The van der Waals surface area contributed by atoms with Crippen LogP contribution in [0.15, 0.2) is 29.2 Å². The summed E-state index contributed by atoms with van der Waals surface area (Å²) in [6, 6.07) is 7.79. The molecule has 22 heavy (non-hydrogen) atoms. The van der Waals surface area contributed by atoms with E-state index in [0.29, 0.717) is 6.61 Å². The average Bonchev–Trinajstić information content (AvgIpc) is 2.52. The van der Waals surface area contributed by atoms with Gasteiger partial charge in [-0.2, -0.15) is 0 Å². The average molecular weight is 339 g/mol. The standard InChI is InChI=1S/C16H22NO3PS/c1-4-20-14(18)11-17-12-9-7-8-10-13(12)22-16(15(17)19)21(5-2)6-3/h7-10,16H,4-6,11H2,1-3H3. The maximum atomic E-state index is 12.9. The van der Waals surface area contributed by atoms with E-state index in [1.165, 1.54) is 0 Å². The topological polar surface area (TPSA) is 46.6 Å². The zero-order chi connectivity index (χ0) is 16.1. The lowest BCUT2D eigenvalue weighted by atomic mass is 10.2. The third kappa shape index (κ3) is 3.64. The van der Waals surface area contributed by atoms with Crippen molar-refractivity contribution in [1.82, 2.24) is 0 Å². The first kappa shape index (κ1) is 17.3. The number of carbonyl (C=O) groups is 2. The Balaban J connectivity index is 2.32. The van der Waals surface area contributed by atoms with Gasteiger partial charge >= 0.3 is 5.97 Å². The highest BCUT2D eigenvalue weighted by atomic mass is 32.2. The van der Waals surface area contributed by atoms with Gasteiger partial charge in [0.1, 0.15) is 11.5 Å². The lowest BCUT2D eigenvalue weighted by molar-refractivity contribution is -0.142. The molecule has 1 amide bonds. The molecular weight excluding hydrogens is 317 g/mol. The van der Waals surface area contributed by atoms with Gasteiger partial charge in [0.25, 0.3) is 0 Å². The highest BCUT2D eigenvalue weighted by molar-refractivity contribution is 8.07. The number of nitrogens with zero attached hydrogens (tertiary/aromatic N) is 1. The van der Waals surface area contributed by atoms with Crippen LogP contribution in [0.5, 0.6) is 0 Å². The van der Waals surface area contributed by atoms with Crippen LogP contribution in [0.3, 0.4) is 0 Å². The maximum absolute atomic E-state index is 12.9. The van der Waals surface area contributed by atoms with Gasteiger partial charge in [-0.3, -0.25) is 14.5 Å². The van der Waals surface area contributed by atoms with E-state index in [0.717, 1.165) is 22.9 Å². The molecule has 1 heterocycles. The Labute approximate surface area is 137 Å². The highest BCUT2D eigenvalue weighted by Crippen LogP contribution is 2.53. The summed E-state index contributed by atoms with van der Waals surface area (Å²) in [5.74, 6) is -0.305. The van der Waals surface area contributed by atoms with Crippen LogP contribution >= 0.6 is 19.7 Å². The Bertz CT molecular complexity index is 548. The SMILES string of the molecule is CCOC(=O)CN1C(=O)C(P(CC)CC)Sc2ccccc21. The van der Waals surface area contributed by atoms with Gasteiger partial charge in [-0.05, 0) is 31.4 Å². The summed E-state index contributed by atoms with van der Waals surface area (Å²) in [5.41, 5.74) is 0.823. The van der Waals surface area contributed by atoms with E-state index in [1.54, 1.807) is 23.6 Å². The van der Waals surface area contributed by atoms with Gasteiger partial charge in [-0.1, -0.05) is 33.9 Å². The smallest absolute Gasteiger partial charge is 0.326 e. The predicted molar refractivity (Wildman–Crippen MR) is 93.1 cm³/mol. The maximum Gasteiger partial charge on any atom is 0.326 e. The molecule has 2 rings (SSSR count). The van der Waals surface area contributed by atoms with E-state index >= 15 is 0 Å². The largest absolute Gasteiger partial charge is 0.465 e. The monoisotopic (exact) mass is 339 g/mol. The fourth-order valence-electron chi connectivity index (χ4n) is 2.49. The Morgan fingerprint density at radius 3 is 2.59 bits per heavy atom. The molecule has 0 saturated carbocycles. The number of benzene rings is 1. The first-order chi connectivity index (χ1) is 10.6. The van der Waals surface area contributed by atoms with Crippen LogP contribution in [0.25, 0.3) is 0 Å². The van der Waals surface area contributed by atoms with E-state index in [4.69, 9.17) is 4.74 Å². The van der Waals surface area contributed by atoms with Crippen molar-refractivity contribution in [3.05, 3.63) is 24.3 Å². The molecule has 0 bridgehead atoms. The van der Waals surface area contributed by atoms with Gasteiger partial charge in [-0.15, -0.1) is 11.8 Å². The number of para-hydroxylation sites is 1. The second kappa shape index (κ2) is 7.98. The molecule has 0 spiro atoms. The van der Waals surface area contributed by atoms with Gasteiger partial charge in [-0.25, -0.2) is 0 Å². The van der Waals surface area contributed by atoms with Gasteiger partial charge in [0.05, 0.1) is 12.3 Å². The number of fused-ring (bicyclic) bond motifs is 1. The normalized spacial score (nSPS) is 17.5. The number of carbonyl (C=O) groups excluding carboxylic acids is 2. The Hall–Kier alpha value is -1.06. The molecule has 120 valence electrons. The molecule has 6 heteroatoms. The van der Waals surface area contributed by atoms with Crippen molar-refractivity contribution in [3.63, 3.8) is 0 Å². The van der Waals surface area contributed by atoms with Crippen LogP contribution in [0.4, 0.5) is 5.69 Å². The van der Waals surface area contributed by atoms with Crippen molar-refractivity contribution < 1.29 is 14.3 Å². The summed E-state index contributed by atoms with van der Waals surface area (Å²) in [6.07, 6.45) is 2.04. The second-order valence-corrected chi connectivity index (χ2v) is 9.34. The van der Waals surface area contributed by atoms with Gasteiger partial charge in [0, 0.05) is 4.90 Å². The van der Waals surface area contributed by atoms with Crippen LogP contribution in [-0.2, 0) is 14.3 Å². The molecule has 0 aliphatic carbocycles. The third-order valence-electron chi connectivity index (χ3n) is 3.61. The van der Waals surface area contributed by atoms with Crippen molar-refractivity contribution in [2.24, 2.45) is 0 Å². The minimum Gasteiger partial charge on any atom is -0.465 e. The van der Waals surface area contributed by atoms with Crippen molar-refractivity contribution in [1.29, 1.82) is 0 Å². The first-order valence-electron chi connectivity index (χ1n) is 7.59. The molecular formula is C16H22NO3PS. The minimum absolute atomic E-state index is 0.00263. The second-order valence-electron chi connectivity index (χ2n) is 4.89. The molecule has 4 nitrogen and oxygen atoms in total. The van der Waals surface area contributed by atoms with Crippen LogP contribution in [0.2, 0.25) is 0 Å². The molecule has 0 radical (unpaired) electrons. The number of thioether (sulfide) groups is 1. The fraction of sp³-hybridized carbons (Fsp3) is 0.500.